The van der Waals surface area contributed by atoms with Crippen LogP contribution in [0.15, 0.2) is 18.6 Å². The van der Waals surface area contributed by atoms with Crippen LogP contribution >= 0.6 is 0 Å². The molecule has 3 heterocycles. The molecule has 7 heteroatoms. The molecule has 2 fully saturated rings. The first-order valence-corrected chi connectivity index (χ1v) is 6.65. The quantitative estimate of drug-likeness (QED) is 0.679. The van der Waals surface area contributed by atoms with Gasteiger partial charge in [0, 0.05) is 6.20 Å². The molecule has 106 valence electrons. The van der Waals surface area contributed by atoms with Gasteiger partial charge in [-0.25, -0.2) is 9.97 Å². The van der Waals surface area contributed by atoms with Gasteiger partial charge in [-0.05, 0) is 18.4 Å². The summed E-state index contributed by atoms with van der Waals surface area (Å²) < 4.78 is 7.66. The number of ether oxygens (including phenoxy) is 1. The Balaban J connectivity index is 1.79. The van der Waals surface area contributed by atoms with E-state index in [1.165, 1.54) is 6.33 Å². The summed E-state index contributed by atoms with van der Waals surface area (Å²) in [5.74, 6) is 0.634. The van der Waals surface area contributed by atoms with Crippen molar-refractivity contribution in [1.29, 1.82) is 0 Å². The van der Waals surface area contributed by atoms with E-state index in [0.717, 1.165) is 6.42 Å². The van der Waals surface area contributed by atoms with Crippen molar-refractivity contribution >= 4 is 16.9 Å². The predicted octanol–water partition coefficient (Wildman–Crippen LogP) is 0.0427. The lowest BCUT2D eigenvalue weighted by Gasteiger charge is -2.17. The molecule has 2 aromatic rings. The van der Waals surface area contributed by atoms with Crippen molar-refractivity contribution < 1.29 is 14.9 Å². The van der Waals surface area contributed by atoms with Gasteiger partial charge in [0.2, 0.25) is 0 Å². The van der Waals surface area contributed by atoms with Crippen molar-refractivity contribution in [3.05, 3.63) is 18.6 Å². The number of hydrogen-bond acceptors (Lipinski definition) is 6. The summed E-state index contributed by atoms with van der Waals surface area (Å²) in [5, 5.41) is 21.2. The molecule has 0 radical (unpaired) electrons. The van der Waals surface area contributed by atoms with Gasteiger partial charge in [-0.2, -0.15) is 0 Å². The van der Waals surface area contributed by atoms with Gasteiger partial charge in [0.1, 0.15) is 35.6 Å². The van der Waals surface area contributed by atoms with Gasteiger partial charge in [0.05, 0.1) is 5.39 Å². The molecule has 0 aromatic carbocycles. The number of nitrogens with two attached hydrogens (primary N) is 1. The van der Waals surface area contributed by atoms with Gasteiger partial charge >= 0.3 is 0 Å². The van der Waals surface area contributed by atoms with E-state index in [9.17, 15) is 10.2 Å². The highest BCUT2D eigenvalue weighted by atomic mass is 16.6. The lowest BCUT2D eigenvalue weighted by Crippen LogP contribution is -2.33. The summed E-state index contributed by atoms with van der Waals surface area (Å²) in [4.78, 5) is 8.13. The zero-order valence-corrected chi connectivity index (χ0v) is 11.0. The van der Waals surface area contributed by atoms with Crippen LogP contribution in [0.5, 0.6) is 0 Å². The van der Waals surface area contributed by atoms with Crippen LogP contribution in [-0.2, 0) is 4.74 Å². The third-order valence-electron chi connectivity index (χ3n) is 4.57. The molecule has 4 N–H and O–H groups in total. The molecule has 1 aliphatic heterocycles. The van der Waals surface area contributed by atoms with E-state index in [4.69, 9.17) is 10.5 Å². The average molecular weight is 276 g/mol. The van der Waals surface area contributed by atoms with Crippen molar-refractivity contribution in [3.63, 3.8) is 0 Å². The summed E-state index contributed by atoms with van der Waals surface area (Å²) in [6.45, 7) is 2.01. The van der Waals surface area contributed by atoms with Crippen LogP contribution in [0.2, 0.25) is 0 Å². The van der Waals surface area contributed by atoms with Gasteiger partial charge in [-0.15, -0.1) is 0 Å². The molecule has 7 nitrogen and oxygen atoms in total. The number of hydrogen-bond donors (Lipinski definition) is 3. The second kappa shape index (κ2) is 3.69. The van der Waals surface area contributed by atoms with E-state index in [-0.39, 0.29) is 5.92 Å². The monoisotopic (exact) mass is 276 g/mol. The Morgan fingerprint density at radius 1 is 1.45 bits per heavy atom. The maximum Gasteiger partial charge on any atom is 0.164 e. The van der Waals surface area contributed by atoms with E-state index in [2.05, 4.69) is 9.97 Å². The number of aliphatic hydroxyl groups is 2. The molecule has 4 rings (SSSR count). The zero-order chi connectivity index (χ0) is 14.1. The lowest BCUT2D eigenvalue weighted by molar-refractivity contribution is -0.0518. The summed E-state index contributed by atoms with van der Waals surface area (Å²) in [6.07, 6.45) is 1.38. The van der Waals surface area contributed by atoms with Gasteiger partial charge < -0.3 is 25.3 Å². The highest BCUT2D eigenvalue weighted by molar-refractivity contribution is 5.86. The number of anilines is 1. The summed E-state index contributed by atoms with van der Waals surface area (Å²) in [6, 6.07) is 1.79. The topological polar surface area (TPSA) is 106 Å². The molecular weight excluding hydrogens is 260 g/mol. The minimum Gasteiger partial charge on any atom is -0.387 e. The summed E-state index contributed by atoms with van der Waals surface area (Å²) in [7, 11) is 0. The number of aromatic nitrogens is 3. The standard InChI is InChI=1S/C13H16N4O3/c1-6-4-13(6)9(19)8(18)12(20-13)17-3-2-7-10(14)15-5-16-11(7)17/h2-3,5-6,8-9,12,18-19H,4H2,1H3,(H2,14,15,16)/t6-,8-,9+,12-,13?/m1/s1. The predicted molar refractivity (Wildman–Crippen MR) is 70.6 cm³/mol. The second-order valence-electron chi connectivity index (χ2n) is 5.72. The fourth-order valence-electron chi connectivity index (χ4n) is 3.22. The van der Waals surface area contributed by atoms with E-state index in [1.54, 1.807) is 16.8 Å². The summed E-state index contributed by atoms with van der Waals surface area (Å²) in [5.41, 5.74) is 5.79. The van der Waals surface area contributed by atoms with Crippen molar-refractivity contribution in [3.8, 4) is 0 Å². The third kappa shape index (κ3) is 1.34. The van der Waals surface area contributed by atoms with E-state index in [1.807, 2.05) is 6.92 Å². The molecule has 2 aliphatic rings. The van der Waals surface area contributed by atoms with Crippen molar-refractivity contribution in [2.75, 3.05) is 5.73 Å². The minimum absolute atomic E-state index is 0.249. The third-order valence-corrected chi connectivity index (χ3v) is 4.57. The molecule has 1 aliphatic carbocycles. The minimum atomic E-state index is -0.980. The Bertz CT molecular complexity index is 687. The van der Waals surface area contributed by atoms with E-state index < -0.39 is 24.0 Å². The van der Waals surface area contributed by atoms with E-state index in [0.29, 0.717) is 16.9 Å². The van der Waals surface area contributed by atoms with Crippen LogP contribution in [0.3, 0.4) is 0 Å². The Hall–Kier alpha value is -1.70. The van der Waals surface area contributed by atoms with Crippen LogP contribution in [0.25, 0.3) is 11.0 Å². The molecule has 20 heavy (non-hydrogen) atoms. The van der Waals surface area contributed by atoms with E-state index >= 15 is 0 Å². The largest absolute Gasteiger partial charge is 0.387 e. The Morgan fingerprint density at radius 2 is 2.20 bits per heavy atom. The molecule has 5 atom stereocenters. The van der Waals surface area contributed by atoms with Crippen LogP contribution in [0, 0.1) is 5.92 Å². The fraction of sp³-hybridized carbons (Fsp3) is 0.538. The van der Waals surface area contributed by atoms with Crippen LogP contribution in [-0.4, -0.2) is 42.6 Å². The SMILES string of the molecule is C[C@@H]1CC12O[C@@H](n1ccc3c(N)ncnc31)[C@H](O)[C@@H]2O. The van der Waals surface area contributed by atoms with Crippen LogP contribution in [0.4, 0.5) is 5.82 Å². The Morgan fingerprint density at radius 3 is 2.85 bits per heavy atom. The number of fused-ring (bicyclic) bond motifs is 1. The first-order valence-electron chi connectivity index (χ1n) is 6.65. The molecule has 0 amide bonds. The highest BCUT2D eigenvalue weighted by Gasteiger charge is 2.67. The molecule has 1 saturated heterocycles. The van der Waals surface area contributed by atoms with Crippen LogP contribution < -0.4 is 5.73 Å². The maximum absolute atomic E-state index is 10.3. The van der Waals surface area contributed by atoms with Gasteiger partial charge in [-0.1, -0.05) is 6.92 Å². The van der Waals surface area contributed by atoms with Gasteiger partial charge in [0.25, 0.3) is 0 Å². The molecule has 1 spiro atoms. The second-order valence-corrected chi connectivity index (χ2v) is 5.72. The highest BCUT2D eigenvalue weighted by Crippen LogP contribution is 2.57. The number of rotatable bonds is 1. The number of aliphatic hydroxyl groups excluding tert-OH is 2. The first kappa shape index (κ1) is 12.1. The Kier molecular flexibility index (Phi) is 2.23. The molecule has 1 unspecified atom stereocenters. The van der Waals surface area contributed by atoms with Crippen molar-refractivity contribution in [2.24, 2.45) is 5.92 Å². The number of nitrogens with zero attached hydrogens (tertiary/aromatic N) is 3. The molecule has 1 saturated carbocycles. The first-order chi connectivity index (χ1) is 9.54. The average Bonchev–Trinajstić information content (AvgIpc) is 2.80. The smallest absolute Gasteiger partial charge is 0.164 e. The van der Waals surface area contributed by atoms with Crippen molar-refractivity contribution in [1.82, 2.24) is 14.5 Å². The van der Waals surface area contributed by atoms with Crippen molar-refractivity contribution in [2.45, 2.75) is 37.4 Å². The lowest BCUT2D eigenvalue weighted by atomic mass is 10.1. The van der Waals surface area contributed by atoms with Crippen LogP contribution in [0.1, 0.15) is 19.6 Å². The normalized spacial score (nSPS) is 39.8. The van der Waals surface area contributed by atoms with Gasteiger partial charge in [-0.3, -0.25) is 0 Å². The fourth-order valence-corrected chi connectivity index (χ4v) is 3.22. The molecular formula is C13H16N4O3. The molecule has 0 bridgehead atoms. The Labute approximate surface area is 115 Å². The summed E-state index contributed by atoms with van der Waals surface area (Å²) >= 11 is 0. The number of nitrogen functional groups attached to an aromatic ring is 1. The maximum atomic E-state index is 10.3. The molecule has 2 aromatic heterocycles. The van der Waals surface area contributed by atoms with Gasteiger partial charge in [0.15, 0.2) is 6.23 Å². The zero-order valence-electron chi connectivity index (χ0n) is 11.0.